The Labute approximate surface area is 129 Å². The lowest BCUT2D eigenvalue weighted by atomic mass is 10.2. The number of ether oxygens (including phenoxy) is 1. The predicted molar refractivity (Wildman–Crippen MR) is 80.9 cm³/mol. The third-order valence-corrected chi connectivity index (χ3v) is 6.20. The molecule has 1 aliphatic rings. The first-order valence-electron chi connectivity index (χ1n) is 6.72. The fourth-order valence-corrected chi connectivity index (χ4v) is 4.72. The smallest absolute Gasteiger partial charge is 0.407 e. The second kappa shape index (κ2) is 5.94. The molecule has 2 heterocycles. The fraction of sp³-hybridized carbons (Fsp3) is 0.615. The first-order valence-corrected chi connectivity index (χ1v) is 9.03. The third-order valence-electron chi connectivity index (χ3n) is 2.96. The van der Waals surface area contributed by atoms with Crippen molar-refractivity contribution in [1.82, 2.24) is 9.62 Å². The summed E-state index contributed by atoms with van der Waals surface area (Å²) in [5.41, 5.74) is -0.564. The molecular formula is C13H20N2O4S2. The van der Waals surface area contributed by atoms with E-state index in [0.29, 0.717) is 17.2 Å². The molecular weight excluding hydrogens is 312 g/mol. The first kappa shape index (κ1) is 16.3. The van der Waals surface area contributed by atoms with E-state index < -0.39 is 21.7 Å². The molecule has 118 valence electrons. The summed E-state index contributed by atoms with van der Waals surface area (Å²) in [6, 6.07) is 3.09. The van der Waals surface area contributed by atoms with Gasteiger partial charge in [0, 0.05) is 19.1 Å². The van der Waals surface area contributed by atoms with Crippen LogP contribution in [0.1, 0.15) is 27.2 Å². The molecule has 1 aliphatic heterocycles. The molecule has 1 aromatic heterocycles. The zero-order chi connectivity index (χ0) is 15.7. The fourth-order valence-electron chi connectivity index (χ4n) is 2.08. The second-order valence-corrected chi connectivity index (χ2v) is 9.04. The maximum Gasteiger partial charge on any atom is 0.407 e. The molecule has 0 saturated carbocycles. The normalized spacial score (nSPS) is 20.4. The average molecular weight is 332 g/mol. The number of nitrogens with one attached hydrogen (secondary N) is 1. The topological polar surface area (TPSA) is 75.7 Å². The number of hydrogen-bond acceptors (Lipinski definition) is 5. The Morgan fingerprint density at radius 1 is 1.48 bits per heavy atom. The number of alkyl carbamates (subject to hydrolysis) is 1. The number of amides is 1. The van der Waals surface area contributed by atoms with E-state index in [4.69, 9.17) is 4.74 Å². The molecule has 6 nitrogen and oxygen atoms in total. The lowest BCUT2D eigenvalue weighted by Crippen LogP contribution is -2.41. The van der Waals surface area contributed by atoms with Crippen molar-refractivity contribution < 1.29 is 17.9 Å². The Morgan fingerprint density at radius 2 is 2.19 bits per heavy atom. The highest BCUT2D eigenvalue weighted by molar-refractivity contribution is 7.91. The Balaban J connectivity index is 1.94. The highest BCUT2D eigenvalue weighted by atomic mass is 32.2. The Kier molecular flexibility index (Phi) is 4.60. The van der Waals surface area contributed by atoms with Gasteiger partial charge in [0.25, 0.3) is 10.0 Å². The molecule has 2 rings (SSSR count). The van der Waals surface area contributed by atoms with Crippen LogP contribution in [-0.2, 0) is 14.8 Å². The van der Waals surface area contributed by atoms with Crippen LogP contribution in [0.25, 0.3) is 0 Å². The molecule has 0 aromatic carbocycles. The summed E-state index contributed by atoms with van der Waals surface area (Å²) >= 11 is 1.20. The first-order chi connectivity index (χ1) is 9.68. The van der Waals surface area contributed by atoms with Gasteiger partial charge in [0.2, 0.25) is 0 Å². The maximum absolute atomic E-state index is 12.3. The van der Waals surface area contributed by atoms with Gasteiger partial charge < -0.3 is 10.1 Å². The highest BCUT2D eigenvalue weighted by Gasteiger charge is 2.34. The number of hydrogen-bond donors (Lipinski definition) is 1. The van der Waals surface area contributed by atoms with E-state index in [9.17, 15) is 13.2 Å². The molecule has 0 radical (unpaired) electrons. The van der Waals surface area contributed by atoms with Gasteiger partial charge >= 0.3 is 6.09 Å². The highest BCUT2D eigenvalue weighted by Crippen LogP contribution is 2.24. The SMILES string of the molecule is CC(C)(C)OC(=O)NC1CCN(S(=O)(=O)c2cccs2)C1. The molecule has 1 N–H and O–H groups in total. The number of sulfonamides is 1. The molecule has 0 bridgehead atoms. The summed E-state index contributed by atoms with van der Waals surface area (Å²) in [7, 11) is -3.44. The van der Waals surface area contributed by atoms with Gasteiger partial charge in [-0.3, -0.25) is 0 Å². The number of thiophene rings is 1. The zero-order valence-corrected chi connectivity index (χ0v) is 14.0. The number of carbonyl (C=O) groups excluding carboxylic acids is 1. The molecule has 1 atom stereocenters. The van der Waals surface area contributed by atoms with Crippen molar-refractivity contribution in [2.45, 2.75) is 43.0 Å². The van der Waals surface area contributed by atoms with Gasteiger partial charge in [-0.2, -0.15) is 4.31 Å². The van der Waals surface area contributed by atoms with Crippen molar-refractivity contribution >= 4 is 27.5 Å². The van der Waals surface area contributed by atoms with E-state index in [1.54, 1.807) is 38.3 Å². The van der Waals surface area contributed by atoms with Crippen LogP contribution in [0.5, 0.6) is 0 Å². The maximum atomic E-state index is 12.3. The van der Waals surface area contributed by atoms with Crippen LogP contribution in [0.4, 0.5) is 4.79 Å². The van der Waals surface area contributed by atoms with Crippen molar-refractivity contribution in [2.24, 2.45) is 0 Å². The van der Waals surface area contributed by atoms with Gasteiger partial charge in [-0.1, -0.05) is 6.07 Å². The molecule has 1 aromatic rings. The standard InChI is InChI=1S/C13H20N2O4S2/c1-13(2,3)19-12(16)14-10-6-7-15(9-10)21(17,18)11-5-4-8-20-11/h4-5,8,10H,6-7,9H2,1-3H3,(H,14,16). The van der Waals surface area contributed by atoms with Crippen LogP contribution < -0.4 is 5.32 Å². The molecule has 1 amide bonds. The van der Waals surface area contributed by atoms with E-state index in [2.05, 4.69) is 5.32 Å². The number of rotatable bonds is 3. The van der Waals surface area contributed by atoms with Crippen LogP contribution in [0.2, 0.25) is 0 Å². The minimum atomic E-state index is -3.44. The average Bonchev–Trinajstić information content (AvgIpc) is 2.96. The van der Waals surface area contributed by atoms with Crippen molar-refractivity contribution in [2.75, 3.05) is 13.1 Å². The van der Waals surface area contributed by atoms with E-state index in [-0.39, 0.29) is 12.6 Å². The van der Waals surface area contributed by atoms with E-state index in [0.717, 1.165) is 0 Å². The Bertz CT molecular complexity index is 590. The van der Waals surface area contributed by atoms with Gasteiger partial charge in [0.1, 0.15) is 9.81 Å². The van der Waals surface area contributed by atoms with Crippen molar-refractivity contribution in [3.63, 3.8) is 0 Å². The molecule has 1 unspecified atom stereocenters. The van der Waals surface area contributed by atoms with Gasteiger partial charge in [0.05, 0.1) is 0 Å². The number of carbonyl (C=O) groups is 1. The van der Waals surface area contributed by atoms with Crippen molar-refractivity contribution in [3.8, 4) is 0 Å². The quantitative estimate of drug-likeness (QED) is 0.919. The summed E-state index contributed by atoms with van der Waals surface area (Å²) in [6.45, 7) is 6.04. The summed E-state index contributed by atoms with van der Waals surface area (Å²) in [6.07, 6.45) is 0.0759. The summed E-state index contributed by atoms with van der Waals surface area (Å²) in [5, 5.41) is 4.45. The number of nitrogens with zero attached hydrogens (tertiary/aromatic N) is 1. The zero-order valence-electron chi connectivity index (χ0n) is 12.3. The predicted octanol–water partition coefficient (Wildman–Crippen LogP) is 2.04. The molecule has 21 heavy (non-hydrogen) atoms. The van der Waals surface area contributed by atoms with Gasteiger partial charge in [-0.05, 0) is 38.6 Å². The van der Waals surface area contributed by atoms with E-state index in [1.165, 1.54) is 15.6 Å². The molecule has 8 heteroatoms. The van der Waals surface area contributed by atoms with E-state index in [1.807, 2.05) is 0 Å². The van der Waals surface area contributed by atoms with E-state index >= 15 is 0 Å². The van der Waals surface area contributed by atoms with Crippen molar-refractivity contribution in [1.29, 1.82) is 0 Å². The third kappa shape index (κ3) is 4.18. The monoisotopic (exact) mass is 332 g/mol. The molecule has 0 spiro atoms. The van der Waals surface area contributed by atoms with Crippen LogP contribution >= 0.6 is 11.3 Å². The molecule has 1 fully saturated rings. The largest absolute Gasteiger partial charge is 0.444 e. The Hall–Kier alpha value is -1.12. The van der Waals surface area contributed by atoms with Gasteiger partial charge in [-0.15, -0.1) is 11.3 Å². The summed E-state index contributed by atoms with van der Waals surface area (Å²) in [5.74, 6) is 0. The van der Waals surface area contributed by atoms with Gasteiger partial charge in [-0.25, -0.2) is 13.2 Å². The second-order valence-electron chi connectivity index (χ2n) is 5.93. The summed E-state index contributed by atoms with van der Waals surface area (Å²) < 4.78 is 31.6. The lowest BCUT2D eigenvalue weighted by molar-refractivity contribution is 0.0507. The van der Waals surface area contributed by atoms with Crippen LogP contribution in [0.3, 0.4) is 0 Å². The minimum absolute atomic E-state index is 0.213. The van der Waals surface area contributed by atoms with Crippen LogP contribution in [0.15, 0.2) is 21.7 Å². The summed E-state index contributed by atoms with van der Waals surface area (Å²) in [4.78, 5) is 11.7. The van der Waals surface area contributed by atoms with Crippen LogP contribution in [0, 0.1) is 0 Å². The van der Waals surface area contributed by atoms with Gasteiger partial charge in [0.15, 0.2) is 0 Å². The van der Waals surface area contributed by atoms with Crippen molar-refractivity contribution in [3.05, 3.63) is 17.5 Å². The lowest BCUT2D eigenvalue weighted by Gasteiger charge is -2.22. The Morgan fingerprint density at radius 3 is 2.76 bits per heavy atom. The molecule has 0 aliphatic carbocycles. The van der Waals surface area contributed by atoms with Crippen LogP contribution in [-0.4, -0.2) is 43.5 Å². The molecule has 1 saturated heterocycles. The minimum Gasteiger partial charge on any atom is -0.444 e.